The second-order valence-electron chi connectivity index (χ2n) is 3.95. The van der Waals surface area contributed by atoms with Crippen molar-refractivity contribution >= 4 is 17.3 Å². The minimum atomic E-state index is 0.634. The SMILES string of the molecule is CCCCN(C)Cc1ccc(Cl)c(N)c1. The number of anilines is 1. The van der Waals surface area contributed by atoms with E-state index in [4.69, 9.17) is 17.3 Å². The standard InChI is InChI=1S/C12H19ClN2/c1-3-4-7-15(2)9-10-5-6-11(13)12(14)8-10/h5-6,8H,3-4,7,9,14H2,1-2H3. The van der Waals surface area contributed by atoms with Crippen LogP contribution in [0.4, 0.5) is 5.69 Å². The van der Waals surface area contributed by atoms with Crippen LogP contribution in [0.15, 0.2) is 18.2 Å². The van der Waals surface area contributed by atoms with Gasteiger partial charge in [-0.25, -0.2) is 0 Å². The highest BCUT2D eigenvalue weighted by molar-refractivity contribution is 6.33. The molecule has 2 nitrogen and oxygen atoms in total. The van der Waals surface area contributed by atoms with Crippen molar-refractivity contribution in [3.63, 3.8) is 0 Å². The average molecular weight is 227 g/mol. The molecule has 0 radical (unpaired) electrons. The summed E-state index contributed by atoms with van der Waals surface area (Å²) in [6.07, 6.45) is 2.46. The molecule has 0 bridgehead atoms. The van der Waals surface area contributed by atoms with E-state index in [2.05, 4.69) is 18.9 Å². The van der Waals surface area contributed by atoms with Gasteiger partial charge in [0.05, 0.1) is 10.7 Å². The Morgan fingerprint density at radius 3 is 2.73 bits per heavy atom. The third-order valence-corrected chi connectivity index (χ3v) is 2.75. The van der Waals surface area contributed by atoms with Gasteiger partial charge in [0.2, 0.25) is 0 Å². The first-order valence-corrected chi connectivity index (χ1v) is 5.73. The van der Waals surface area contributed by atoms with Crippen LogP contribution in [0.3, 0.4) is 0 Å². The quantitative estimate of drug-likeness (QED) is 0.782. The Kier molecular flexibility index (Phi) is 4.92. The van der Waals surface area contributed by atoms with E-state index in [-0.39, 0.29) is 0 Å². The summed E-state index contributed by atoms with van der Waals surface area (Å²) in [6.45, 7) is 4.26. The van der Waals surface area contributed by atoms with Crippen molar-refractivity contribution in [3.05, 3.63) is 28.8 Å². The first kappa shape index (κ1) is 12.3. The van der Waals surface area contributed by atoms with E-state index < -0.39 is 0 Å². The Morgan fingerprint density at radius 1 is 1.40 bits per heavy atom. The van der Waals surface area contributed by atoms with Gasteiger partial charge in [-0.3, -0.25) is 0 Å². The van der Waals surface area contributed by atoms with E-state index in [1.165, 1.54) is 18.4 Å². The second kappa shape index (κ2) is 5.99. The molecule has 1 aromatic carbocycles. The fraction of sp³-hybridized carbons (Fsp3) is 0.500. The maximum atomic E-state index is 5.86. The molecular formula is C12H19ClN2. The molecule has 0 saturated carbocycles. The minimum Gasteiger partial charge on any atom is -0.398 e. The highest BCUT2D eigenvalue weighted by Gasteiger charge is 2.02. The molecular weight excluding hydrogens is 208 g/mol. The highest BCUT2D eigenvalue weighted by atomic mass is 35.5. The van der Waals surface area contributed by atoms with Gasteiger partial charge in [-0.2, -0.15) is 0 Å². The lowest BCUT2D eigenvalue weighted by Crippen LogP contribution is -2.18. The predicted molar refractivity (Wildman–Crippen MR) is 67.1 cm³/mol. The van der Waals surface area contributed by atoms with E-state index in [1.54, 1.807) is 0 Å². The summed E-state index contributed by atoms with van der Waals surface area (Å²) in [4.78, 5) is 2.30. The van der Waals surface area contributed by atoms with E-state index >= 15 is 0 Å². The summed E-state index contributed by atoms with van der Waals surface area (Å²) in [5.41, 5.74) is 7.63. The molecule has 0 heterocycles. The van der Waals surface area contributed by atoms with Crippen LogP contribution in [-0.4, -0.2) is 18.5 Å². The molecule has 1 aromatic rings. The second-order valence-corrected chi connectivity index (χ2v) is 4.35. The smallest absolute Gasteiger partial charge is 0.0635 e. The largest absolute Gasteiger partial charge is 0.398 e. The molecule has 2 N–H and O–H groups in total. The van der Waals surface area contributed by atoms with Gasteiger partial charge in [-0.05, 0) is 37.7 Å². The molecule has 0 amide bonds. The van der Waals surface area contributed by atoms with Crippen LogP contribution in [0, 0.1) is 0 Å². The first-order chi connectivity index (χ1) is 7.13. The summed E-state index contributed by atoms with van der Waals surface area (Å²) < 4.78 is 0. The number of nitrogens with zero attached hydrogens (tertiary/aromatic N) is 1. The Hall–Kier alpha value is -0.730. The molecule has 0 unspecified atom stereocenters. The Balaban J connectivity index is 2.53. The van der Waals surface area contributed by atoms with Gasteiger partial charge in [0.1, 0.15) is 0 Å². The lowest BCUT2D eigenvalue weighted by molar-refractivity contribution is 0.321. The molecule has 0 atom stereocenters. The zero-order valence-electron chi connectivity index (χ0n) is 9.46. The summed E-state index contributed by atoms with van der Waals surface area (Å²) in [6, 6.07) is 5.84. The van der Waals surface area contributed by atoms with Crippen LogP contribution < -0.4 is 5.73 Å². The Labute approximate surface area is 97.0 Å². The van der Waals surface area contributed by atoms with E-state index in [1.807, 2.05) is 18.2 Å². The number of nitrogen functional groups attached to an aromatic ring is 1. The average Bonchev–Trinajstić information content (AvgIpc) is 2.20. The van der Waals surface area contributed by atoms with Gasteiger partial charge in [0.15, 0.2) is 0 Å². The van der Waals surface area contributed by atoms with E-state index in [9.17, 15) is 0 Å². The first-order valence-electron chi connectivity index (χ1n) is 5.36. The molecule has 84 valence electrons. The fourth-order valence-electron chi connectivity index (χ4n) is 1.51. The van der Waals surface area contributed by atoms with Gasteiger partial charge in [0, 0.05) is 6.54 Å². The van der Waals surface area contributed by atoms with Gasteiger partial charge in [-0.15, -0.1) is 0 Å². The normalized spacial score (nSPS) is 10.9. The monoisotopic (exact) mass is 226 g/mol. The molecule has 0 fully saturated rings. The van der Waals surface area contributed by atoms with Crippen molar-refractivity contribution in [2.75, 3.05) is 19.3 Å². The van der Waals surface area contributed by atoms with Crippen LogP contribution >= 0.6 is 11.6 Å². The van der Waals surface area contributed by atoms with Crippen molar-refractivity contribution in [2.45, 2.75) is 26.3 Å². The van der Waals surface area contributed by atoms with Gasteiger partial charge >= 0.3 is 0 Å². The van der Waals surface area contributed by atoms with E-state index in [0.29, 0.717) is 10.7 Å². The lowest BCUT2D eigenvalue weighted by atomic mass is 10.2. The number of hydrogen-bond donors (Lipinski definition) is 1. The van der Waals surface area contributed by atoms with Crippen molar-refractivity contribution < 1.29 is 0 Å². The number of benzene rings is 1. The summed E-state index contributed by atoms with van der Waals surface area (Å²) in [5.74, 6) is 0. The number of rotatable bonds is 5. The topological polar surface area (TPSA) is 29.3 Å². The lowest BCUT2D eigenvalue weighted by Gasteiger charge is -2.16. The van der Waals surface area contributed by atoms with Crippen LogP contribution in [-0.2, 0) is 6.54 Å². The predicted octanol–water partition coefficient (Wildman–Crippen LogP) is 3.15. The van der Waals surface area contributed by atoms with Crippen molar-refractivity contribution in [2.24, 2.45) is 0 Å². The fourth-order valence-corrected chi connectivity index (χ4v) is 1.63. The van der Waals surface area contributed by atoms with Crippen LogP contribution in [0.25, 0.3) is 0 Å². The Morgan fingerprint density at radius 2 is 2.13 bits per heavy atom. The Bertz CT molecular complexity index is 312. The van der Waals surface area contributed by atoms with Gasteiger partial charge in [0.25, 0.3) is 0 Å². The van der Waals surface area contributed by atoms with Crippen LogP contribution in [0.5, 0.6) is 0 Å². The minimum absolute atomic E-state index is 0.634. The molecule has 0 aliphatic carbocycles. The molecule has 1 rings (SSSR count). The number of nitrogens with two attached hydrogens (primary N) is 1. The third-order valence-electron chi connectivity index (χ3n) is 2.41. The number of halogens is 1. The molecule has 15 heavy (non-hydrogen) atoms. The highest BCUT2D eigenvalue weighted by Crippen LogP contribution is 2.20. The zero-order chi connectivity index (χ0) is 11.3. The molecule has 0 aromatic heterocycles. The molecule has 0 saturated heterocycles. The summed E-state index contributed by atoms with van der Waals surface area (Å²) in [7, 11) is 2.13. The van der Waals surface area contributed by atoms with Crippen molar-refractivity contribution in [1.29, 1.82) is 0 Å². The number of hydrogen-bond acceptors (Lipinski definition) is 2. The maximum absolute atomic E-state index is 5.86. The molecule has 0 spiro atoms. The van der Waals surface area contributed by atoms with Crippen molar-refractivity contribution in [1.82, 2.24) is 4.90 Å². The van der Waals surface area contributed by atoms with E-state index in [0.717, 1.165) is 13.1 Å². The zero-order valence-corrected chi connectivity index (χ0v) is 10.2. The van der Waals surface area contributed by atoms with Crippen molar-refractivity contribution in [3.8, 4) is 0 Å². The molecule has 0 aliphatic heterocycles. The van der Waals surface area contributed by atoms with Gasteiger partial charge in [-0.1, -0.05) is 31.0 Å². The molecule has 0 aliphatic rings. The van der Waals surface area contributed by atoms with Crippen LogP contribution in [0.2, 0.25) is 5.02 Å². The third kappa shape index (κ3) is 4.10. The molecule has 3 heteroatoms. The number of unbranched alkanes of at least 4 members (excludes halogenated alkanes) is 1. The van der Waals surface area contributed by atoms with Gasteiger partial charge < -0.3 is 10.6 Å². The summed E-state index contributed by atoms with van der Waals surface area (Å²) >= 11 is 5.86. The summed E-state index contributed by atoms with van der Waals surface area (Å²) in [5, 5.41) is 0.634. The maximum Gasteiger partial charge on any atom is 0.0635 e. The van der Waals surface area contributed by atoms with Crippen LogP contribution in [0.1, 0.15) is 25.3 Å².